The van der Waals surface area contributed by atoms with E-state index in [1.54, 1.807) is 0 Å². The Morgan fingerprint density at radius 1 is 1.50 bits per heavy atom. The van der Waals surface area contributed by atoms with Crippen molar-refractivity contribution in [3.63, 3.8) is 0 Å². The fourth-order valence-electron chi connectivity index (χ4n) is 1.46. The third kappa shape index (κ3) is 4.09. The molecule has 82 valence electrons. The van der Waals surface area contributed by atoms with E-state index in [4.69, 9.17) is 10.5 Å². The number of esters is 1. The SMILES string of the molecule is CC(C)CC(CN)C(=O)OCC1CC1. The number of carbonyl (C=O) groups is 1. The van der Waals surface area contributed by atoms with Gasteiger partial charge in [-0.25, -0.2) is 0 Å². The molecule has 0 aromatic carbocycles. The van der Waals surface area contributed by atoms with Crippen LogP contribution in [0.3, 0.4) is 0 Å². The number of hydrogen-bond donors (Lipinski definition) is 1. The van der Waals surface area contributed by atoms with E-state index < -0.39 is 0 Å². The van der Waals surface area contributed by atoms with Crippen molar-refractivity contribution in [1.82, 2.24) is 0 Å². The van der Waals surface area contributed by atoms with Crippen molar-refractivity contribution in [2.24, 2.45) is 23.5 Å². The van der Waals surface area contributed by atoms with Crippen LogP contribution in [0.25, 0.3) is 0 Å². The highest BCUT2D eigenvalue weighted by molar-refractivity contribution is 5.72. The van der Waals surface area contributed by atoms with E-state index in [1.807, 2.05) is 0 Å². The normalized spacial score (nSPS) is 18.3. The summed E-state index contributed by atoms with van der Waals surface area (Å²) in [6.45, 7) is 5.20. The monoisotopic (exact) mass is 199 g/mol. The number of rotatable bonds is 6. The van der Waals surface area contributed by atoms with Gasteiger partial charge in [0.25, 0.3) is 0 Å². The zero-order chi connectivity index (χ0) is 10.6. The van der Waals surface area contributed by atoms with Crippen LogP contribution in [0.2, 0.25) is 0 Å². The van der Waals surface area contributed by atoms with Gasteiger partial charge in [-0.05, 0) is 31.1 Å². The first-order valence-electron chi connectivity index (χ1n) is 5.50. The number of carbonyl (C=O) groups excluding carboxylic acids is 1. The number of nitrogens with two attached hydrogens (primary N) is 1. The summed E-state index contributed by atoms with van der Waals surface area (Å²) in [5.74, 6) is 0.926. The molecule has 14 heavy (non-hydrogen) atoms. The van der Waals surface area contributed by atoms with Crippen molar-refractivity contribution in [1.29, 1.82) is 0 Å². The molecule has 0 aromatic heterocycles. The van der Waals surface area contributed by atoms with Gasteiger partial charge in [0.05, 0.1) is 12.5 Å². The summed E-state index contributed by atoms with van der Waals surface area (Å²) in [6, 6.07) is 0. The van der Waals surface area contributed by atoms with Crippen LogP contribution in [-0.2, 0) is 9.53 Å². The molecule has 0 radical (unpaired) electrons. The zero-order valence-corrected chi connectivity index (χ0v) is 9.16. The summed E-state index contributed by atoms with van der Waals surface area (Å²) in [5.41, 5.74) is 5.54. The maximum Gasteiger partial charge on any atom is 0.310 e. The second-order valence-electron chi connectivity index (χ2n) is 4.64. The van der Waals surface area contributed by atoms with E-state index in [2.05, 4.69) is 13.8 Å². The first-order valence-corrected chi connectivity index (χ1v) is 5.50. The van der Waals surface area contributed by atoms with Gasteiger partial charge in [-0.3, -0.25) is 4.79 Å². The minimum absolute atomic E-state index is 0.103. The molecule has 0 aliphatic heterocycles. The summed E-state index contributed by atoms with van der Waals surface area (Å²) in [7, 11) is 0. The largest absolute Gasteiger partial charge is 0.465 e. The average Bonchev–Trinajstić information content (AvgIpc) is 2.93. The van der Waals surface area contributed by atoms with Crippen molar-refractivity contribution < 1.29 is 9.53 Å². The molecule has 1 aliphatic rings. The predicted octanol–water partition coefficient (Wildman–Crippen LogP) is 1.56. The molecule has 0 amide bonds. The summed E-state index contributed by atoms with van der Waals surface area (Å²) < 4.78 is 5.20. The molecular formula is C11H21NO2. The van der Waals surface area contributed by atoms with Crippen LogP contribution in [0.4, 0.5) is 0 Å². The molecule has 3 nitrogen and oxygen atoms in total. The lowest BCUT2D eigenvalue weighted by atomic mass is 9.97. The van der Waals surface area contributed by atoms with E-state index in [0.717, 1.165) is 6.42 Å². The molecule has 1 aliphatic carbocycles. The smallest absolute Gasteiger partial charge is 0.310 e. The van der Waals surface area contributed by atoms with Crippen molar-refractivity contribution >= 4 is 5.97 Å². The highest BCUT2D eigenvalue weighted by Crippen LogP contribution is 2.29. The van der Waals surface area contributed by atoms with E-state index in [0.29, 0.717) is 25.0 Å². The zero-order valence-electron chi connectivity index (χ0n) is 9.16. The van der Waals surface area contributed by atoms with Gasteiger partial charge in [-0.1, -0.05) is 13.8 Å². The summed E-state index contributed by atoms with van der Waals surface area (Å²) in [4.78, 5) is 11.5. The Kier molecular flexibility index (Phi) is 4.39. The summed E-state index contributed by atoms with van der Waals surface area (Å²) in [5, 5.41) is 0. The van der Waals surface area contributed by atoms with Gasteiger partial charge in [0.15, 0.2) is 0 Å². The average molecular weight is 199 g/mol. The van der Waals surface area contributed by atoms with Gasteiger partial charge in [-0.2, -0.15) is 0 Å². The van der Waals surface area contributed by atoms with Crippen LogP contribution < -0.4 is 5.73 Å². The summed E-state index contributed by atoms with van der Waals surface area (Å²) in [6.07, 6.45) is 3.26. The van der Waals surface area contributed by atoms with E-state index >= 15 is 0 Å². The lowest BCUT2D eigenvalue weighted by molar-refractivity contribution is -0.149. The molecule has 1 fully saturated rings. The number of ether oxygens (including phenoxy) is 1. The third-order valence-corrected chi connectivity index (χ3v) is 2.53. The molecule has 1 atom stereocenters. The molecule has 0 saturated heterocycles. The Hall–Kier alpha value is -0.570. The topological polar surface area (TPSA) is 52.3 Å². The van der Waals surface area contributed by atoms with Crippen molar-refractivity contribution in [2.75, 3.05) is 13.2 Å². The molecule has 0 spiro atoms. The predicted molar refractivity (Wildman–Crippen MR) is 55.7 cm³/mol. The van der Waals surface area contributed by atoms with Crippen LogP contribution in [0.5, 0.6) is 0 Å². The minimum Gasteiger partial charge on any atom is -0.465 e. The highest BCUT2D eigenvalue weighted by Gasteiger charge is 2.25. The molecule has 3 heteroatoms. The van der Waals surface area contributed by atoms with E-state index in [-0.39, 0.29) is 11.9 Å². The van der Waals surface area contributed by atoms with Crippen molar-refractivity contribution in [3.05, 3.63) is 0 Å². The maximum absolute atomic E-state index is 11.5. The molecule has 2 N–H and O–H groups in total. The Balaban J connectivity index is 2.22. The number of hydrogen-bond acceptors (Lipinski definition) is 3. The first kappa shape index (κ1) is 11.5. The molecule has 1 rings (SSSR count). The Labute approximate surface area is 86.0 Å². The third-order valence-electron chi connectivity index (χ3n) is 2.53. The Bertz CT molecular complexity index is 188. The van der Waals surface area contributed by atoms with Crippen LogP contribution in [0.15, 0.2) is 0 Å². The maximum atomic E-state index is 11.5. The molecular weight excluding hydrogens is 178 g/mol. The van der Waals surface area contributed by atoms with Crippen LogP contribution in [0.1, 0.15) is 33.1 Å². The van der Waals surface area contributed by atoms with Gasteiger partial charge >= 0.3 is 5.97 Å². The Morgan fingerprint density at radius 2 is 2.14 bits per heavy atom. The van der Waals surface area contributed by atoms with E-state index in [1.165, 1.54) is 12.8 Å². The van der Waals surface area contributed by atoms with Crippen molar-refractivity contribution in [3.8, 4) is 0 Å². The first-order chi connectivity index (χ1) is 6.63. The minimum atomic E-state index is -0.104. The molecule has 0 heterocycles. The molecule has 0 bridgehead atoms. The van der Waals surface area contributed by atoms with Gasteiger partial charge < -0.3 is 10.5 Å². The molecule has 1 unspecified atom stereocenters. The quantitative estimate of drug-likeness (QED) is 0.660. The summed E-state index contributed by atoms with van der Waals surface area (Å²) >= 11 is 0. The van der Waals surface area contributed by atoms with Crippen molar-refractivity contribution in [2.45, 2.75) is 33.1 Å². The van der Waals surface area contributed by atoms with Crippen LogP contribution >= 0.6 is 0 Å². The Morgan fingerprint density at radius 3 is 2.57 bits per heavy atom. The highest BCUT2D eigenvalue weighted by atomic mass is 16.5. The van der Waals surface area contributed by atoms with Gasteiger partial charge in [0, 0.05) is 6.54 Å². The molecule has 1 saturated carbocycles. The second-order valence-corrected chi connectivity index (χ2v) is 4.64. The van der Waals surface area contributed by atoms with Gasteiger partial charge in [0.2, 0.25) is 0 Å². The fraction of sp³-hybridized carbons (Fsp3) is 0.909. The lowest BCUT2D eigenvalue weighted by Gasteiger charge is -2.15. The lowest BCUT2D eigenvalue weighted by Crippen LogP contribution is -2.27. The standard InChI is InChI=1S/C11H21NO2/c1-8(2)5-10(6-12)11(13)14-7-9-3-4-9/h8-10H,3-7,12H2,1-2H3. The van der Waals surface area contributed by atoms with Gasteiger partial charge in [-0.15, -0.1) is 0 Å². The van der Waals surface area contributed by atoms with Gasteiger partial charge in [0.1, 0.15) is 0 Å². The van der Waals surface area contributed by atoms with Crippen LogP contribution in [0, 0.1) is 17.8 Å². The van der Waals surface area contributed by atoms with Crippen LogP contribution in [-0.4, -0.2) is 19.1 Å². The molecule has 0 aromatic rings. The fourth-order valence-corrected chi connectivity index (χ4v) is 1.46. The van der Waals surface area contributed by atoms with E-state index in [9.17, 15) is 4.79 Å². The second kappa shape index (κ2) is 5.35.